The Morgan fingerprint density at radius 1 is 0.900 bits per heavy atom. The number of fused-ring (bicyclic) bond motifs is 1. The number of nitrogens with one attached hydrogen (secondary N) is 1. The van der Waals surface area contributed by atoms with E-state index in [1.165, 1.54) is 83.8 Å². The van der Waals surface area contributed by atoms with Gasteiger partial charge in [0.15, 0.2) is 0 Å². The van der Waals surface area contributed by atoms with E-state index in [1.807, 2.05) is 0 Å². The van der Waals surface area contributed by atoms with Crippen LogP contribution in [0.15, 0.2) is 0 Å². The molecule has 2 heteroatoms. The monoisotopic (exact) mass is 278 g/mol. The molecule has 1 heterocycles. The summed E-state index contributed by atoms with van der Waals surface area (Å²) in [5.74, 6) is 2.14. The van der Waals surface area contributed by atoms with E-state index < -0.39 is 0 Å². The Morgan fingerprint density at radius 2 is 1.65 bits per heavy atom. The molecule has 2 saturated carbocycles. The molecule has 0 amide bonds. The van der Waals surface area contributed by atoms with Crippen LogP contribution in [0.5, 0.6) is 0 Å². The summed E-state index contributed by atoms with van der Waals surface area (Å²) < 4.78 is 0. The molecule has 20 heavy (non-hydrogen) atoms. The van der Waals surface area contributed by atoms with Crippen LogP contribution in [0.4, 0.5) is 0 Å². The summed E-state index contributed by atoms with van der Waals surface area (Å²) in [6.07, 6.45) is 14.7. The Labute approximate surface area is 125 Å². The Bertz CT molecular complexity index is 285. The highest BCUT2D eigenvalue weighted by Crippen LogP contribution is 2.40. The number of rotatable bonds is 4. The molecule has 116 valence electrons. The quantitative estimate of drug-likeness (QED) is 0.841. The van der Waals surface area contributed by atoms with Gasteiger partial charge in [0.2, 0.25) is 0 Å². The summed E-state index contributed by atoms with van der Waals surface area (Å²) in [5, 5.41) is 3.96. The first-order chi connectivity index (χ1) is 9.81. The minimum Gasteiger partial charge on any atom is -0.310 e. The predicted octanol–water partition coefficient (Wildman–Crippen LogP) is 3.81. The summed E-state index contributed by atoms with van der Waals surface area (Å²) >= 11 is 0. The summed E-state index contributed by atoms with van der Waals surface area (Å²) in [6, 6.07) is 1.49. The fraction of sp³-hybridized carbons (Fsp3) is 1.00. The van der Waals surface area contributed by atoms with Gasteiger partial charge in [0, 0.05) is 18.6 Å². The van der Waals surface area contributed by atoms with Crippen LogP contribution in [0.25, 0.3) is 0 Å². The molecule has 0 spiro atoms. The second-order valence-electron chi connectivity index (χ2n) is 7.74. The molecule has 0 aromatic heterocycles. The Kier molecular flexibility index (Phi) is 5.39. The molecule has 3 rings (SSSR count). The Morgan fingerprint density at radius 3 is 2.45 bits per heavy atom. The average molecular weight is 278 g/mol. The van der Waals surface area contributed by atoms with Crippen molar-refractivity contribution in [2.24, 2.45) is 11.8 Å². The van der Waals surface area contributed by atoms with Gasteiger partial charge >= 0.3 is 0 Å². The Balaban J connectivity index is 1.40. The zero-order chi connectivity index (χ0) is 13.8. The van der Waals surface area contributed by atoms with Crippen LogP contribution in [0.1, 0.15) is 71.1 Å². The molecular formula is C18H34N2. The number of hydrogen-bond acceptors (Lipinski definition) is 2. The minimum atomic E-state index is 0.679. The van der Waals surface area contributed by atoms with Crippen LogP contribution in [-0.2, 0) is 0 Å². The first-order valence-electron chi connectivity index (χ1n) is 9.29. The zero-order valence-electron chi connectivity index (χ0n) is 13.4. The lowest BCUT2D eigenvalue weighted by molar-refractivity contribution is 0.132. The van der Waals surface area contributed by atoms with Crippen LogP contribution < -0.4 is 5.32 Å². The highest BCUT2D eigenvalue weighted by atomic mass is 15.2. The van der Waals surface area contributed by atoms with Crippen molar-refractivity contribution in [2.45, 2.75) is 83.2 Å². The molecule has 0 radical (unpaired) electrons. The topological polar surface area (TPSA) is 15.3 Å². The third-order valence-corrected chi connectivity index (χ3v) is 6.04. The van der Waals surface area contributed by atoms with Crippen molar-refractivity contribution >= 4 is 0 Å². The van der Waals surface area contributed by atoms with Crippen molar-refractivity contribution in [3.63, 3.8) is 0 Å². The van der Waals surface area contributed by atoms with E-state index in [-0.39, 0.29) is 0 Å². The SMILES string of the molecule is CC(CN1CCCCC1)NC1CCC2CCCCC2C1. The second kappa shape index (κ2) is 7.26. The minimum absolute atomic E-state index is 0.679. The number of hydrogen-bond donors (Lipinski definition) is 1. The maximum atomic E-state index is 3.96. The average Bonchev–Trinajstić information content (AvgIpc) is 2.48. The van der Waals surface area contributed by atoms with Gasteiger partial charge in [0.05, 0.1) is 0 Å². The molecule has 4 atom stereocenters. The molecule has 1 aliphatic heterocycles. The van der Waals surface area contributed by atoms with E-state index in [0.29, 0.717) is 6.04 Å². The van der Waals surface area contributed by atoms with Gasteiger partial charge in [0.25, 0.3) is 0 Å². The molecule has 0 aromatic carbocycles. The van der Waals surface area contributed by atoms with E-state index in [1.54, 1.807) is 0 Å². The summed E-state index contributed by atoms with van der Waals surface area (Å²) in [7, 11) is 0. The highest BCUT2D eigenvalue weighted by molar-refractivity contribution is 4.87. The van der Waals surface area contributed by atoms with Crippen LogP contribution in [0, 0.1) is 11.8 Å². The smallest absolute Gasteiger partial charge is 0.0169 e. The highest BCUT2D eigenvalue weighted by Gasteiger charge is 2.32. The van der Waals surface area contributed by atoms with Gasteiger partial charge in [-0.3, -0.25) is 0 Å². The van der Waals surface area contributed by atoms with E-state index >= 15 is 0 Å². The van der Waals surface area contributed by atoms with E-state index in [2.05, 4.69) is 17.1 Å². The first kappa shape index (κ1) is 14.8. The van der Waals surface area contributed by atoms with Gasteiger partial charge < -0.3 is 10.2 Å². The van der Waals surface area contributed by atoms with Crippen molar-refractivity contribution in [2.75, 3.05) is 19.6 Å². The first-order valence-corrected chi connectivity index (χ1v) is 9.29. The third kappa shape index (κ3) is 3.98. The molecule has 0 aromatic rings. The third-order valence-electron chi connectivity index (χ3n) is 6.04. The molecule has 1 N–H and O–H groups in total. The van der Waals surface area contributed by atoms with Crippen molar-refractivity contribution in [3.05, 3.63) is 0 Å². The fourth-order valence-electron chi connectivity index (χ4n) is 5.01. The number of piperidine rings is 1. The number of nitrogens with zero attached hydrogens (tertiary/aromatic N) is 1. The molecular weight excluding hydrogens is 244 g/mol. The van der Waals surface area contributed by atoms with Gasteiger partial charge in [-0.25, -0.2) is 0 Å². The van der Waals surface area contributed by atoms with Gasteiger partial charge in [0.1, 0.15) is 0 Å². The lowest BCUT2D eigenvalue weighted by Crippen LogP contribution is -2.47. The fourth-order valence-corrected chi connectivity index (χ4v) is 5.01. The molecule has 2 nitrogen and oxygen atoms in total. The lowest BCUT2D eigenvalue weighted by Gasteiger charge is -2.41. The predicted molar refractivity (Wildman–Crippen MR) is 86.0 cm³/mol. The van der Waals surface area contributed by atoms with Gasteiger partial charge in [-0.05, 0) is 64.0 Å². The number of likely N-dealkylation sites (tertiary alicyclic amines) is 1. The largest absolute Gasteiger partial charge is 0.310 e. The standard InChI is InChI=1S/C18H34N2/c1-15(14-20-11-5-2-6-12-20)19-18-10-9-16-7-3-4-8-17(16)13-18/h15-19H,2-14H2,1H3. The maximum absolute atomic E-state index is 3.96. The molecule has 4 unspecified atom stereocenters. The van der Waals surface area contributed by atoms with E-state index in [9.17, 15) is 0 Å². The van der Waals surface area contributed by atoms with Crippen molar-refractivity contribution in [3.8, 4) is 0 Å². The van der Waals surface area contributed by atoms with Crippen molar-refractivity contribution < 1.29 is 0 Å². The van der Waals surface area contributed by atoms with Crippen molar-refractivity contribution in [1.82, 2.24) is 10.2 Å². The van der Waals surface area contributed by atoms with Gasteiger partial charge in [-0.15, -0.1) is 0 Å². The normalized spacial score (nSPS) is 37.4. The molecule has 1 saturated heterocycles. The molecule has 2 aliphatic carbocycles. The van der Waals surface area contributed by atoms with Gasteiger partial charge in [-0.2, -0.15) is 0 Å². The van der Waals surface area contributed by atoms with Crippen LogP contribution in [0.3, 0.4) is 0 Å². The second-order valence-corrected chi connectivity index (χ2v) is 7.74. The maximum Gasteiger partial charge on any atom is 0.0169 e. The summed E-state index contributed by atoms with van der Waals surface area (Å²) in [4.78, 5) is 2.67. The van der Waals surface area contributed by atoms with Crippen LogP contribution >= 0.6 is 0 Å². The Hall–Kier alpha value is -0.0800. The molecule has 3 aliphatic rings. The lowest BCUT2D eigenvalue weighted by atomic mass is 9.69. The van der Waals surface area contributed by atoms with Gasteiger partial charge in [-0.1, -0.05) is 32.1 Å². The molecule has 3 fully saturated rings. The summed E-state index contributed by atoms with van der Waals surface area (Å²) in [5.41, 5.74) is 0. The molecule has 0 bridgehead atoms. The van der Waals surface area contributed by atoms with Crippen LogP contribution in [-0.4, -0.2) is 36.6 Å². The van der Waals surface area contributed by atoms with Crippen molar-refractivity contribution in [1.29, 1.82) is 0 Å². The van der Waals surface area contributed by atoms with E-state index in [4.69, 9.17) is 0 Å². The summed E-state index contributed by atoms with van der Waals surface area (Å²) in [6.45, 7) is 6.34. The van der Waals surface area contributed by atoms with E-state index in [0.717, 1.165) is 17.9 Å². The zero-order valence-corrected chi connectivity index (χ0v) is 13.4. The van der Waals surface area contributed by atoms with Crippen LogP contribution in [0.2, 0.25) is 0 Å².